The third-order valence-corrected chi connectivity index (χ3v) is 4.87. The largest absolute Gasteiger partial charge is 0.465 e. The van der Waals surface area contributed by atoms with Crippen LogP contribution < -0.4 is 5.32 Å². The van der Waals surface area contributed by atoms with Gasteiger partial charge in [-0.15, -0.1) is 0 Å². The van der Waals surface area contributed by atoms with Crippen LogP contribution in [0.3, 0.4) is 0 Å². The number of benzene rings is 1. The summed E-state index contributed by atoms with van der Waals surface area (Å²) in [6.07, 6.45) is 2.20. The van der Waals surface area contributed by atoms with E-state index >= 15 is 0 Å². The molecule has 6 heteroatoms. The molecule has 0 saturated heterocycles. The molecule has 0 saturated carbocycles. The topological polar surface area (TPSA) is 81.4 Å². The number of aryl methyl sites for hydroxylation is 1. The second kappa shape index (κ2) is 5.88. The second-order valence-corrected chi connectivity index (χ2v) is 6.35. The normalized spacial score (nSPS) is 19.1. The van der Waals surface area contributed by atoms with Gasteiger partial charge in [0.05, 0.1) is 23.9 Å². The Morgan fingerprint density at radius 3 is 2.76 bits per heavy atom. The molecular formula is C19H18N2O4. The smallest absolute Gasteiger partial charge is 0.337 e. The Morgan fingerprint density at radius 2 is 2.04 bits per heavy atom. The lowest BCUT2D eigenvalue weighted by Crippen LogP contribution is -2.26. The van der Waals surface area contributed by atoms with E-state index in [2.05, 4.69) is 10.5 Å². The standard InChI is InChI=1S/C19H18N2O4/c1-10-15-16(11-6-8-12(9-7-11)19(23)24-2)17-13(4-3-5-14(17)22)20-18(15)25-21-10/h6-9,16,20H,3-5H2,1-2H3. The number of carbonyl (C=O) groups is 2. The van der Waals surface area contributed by atoms with E-state index in [9.17, 15) is 9.59 Å². The minimum Gasteiger partial charge on any atom is -0.465 e. The fraction of sp³-hybridized carbons (Fsp3) is 0.316. The molecule has 0 bridgehead atoms. The number of hydrogen-bond donors (Lipinski definition) is 1. The summed E-state index contributed by atoms with van der Waals surface area (Å²) >= 11 is 0. The average molecular weight is 338 g/mol. The summed E-state index contributed by atoms with van der Waals surface area (Å²) in [5.41, 5.74) is 4.77. The number of fused-ring (bicyclic) bond motifs is 1. The molecule has 0 spiro atoms. The van der Waals surface area contributed by atoms with Crippen LogP contribution in [0, 0.1) is 6.92 Å². The maximum atomic E-state index is 12.7. The maximum Gasteiger partial charge on any atom is 0.337 e. The Kier molecular flexibility index (Phi) is 3.67. The van der Waals surface area contributed by atoms with Crippen LogP contribution in [0.1, 0.15) is 52.4 Å². The number of ketones is 1. The van der Waals surface area contributed by atoms with Crippen LogP contribution in [0.25, 0.3) is 0 Å². The lowest BCUT2D eigenvalue weighted by molar-refractivity contribution is -0.116. The van der Waals surface area contributed by atoms with Gasteiger partial charge in [0.15, 0.2) is 5.78 Å². The number of nitrogens with one attached hydrogen (secondary N) is 1. The molecule has 1 aromatic heterocycles. The van der Waals surface area contributed by atoms with E-state index in [-0.39, 0.29) is 17.7 Å². The van der Waals surface area contributed by atoms with Gasteiger partial charge in [0.1, 0.15) is 0 Å². The van der Waals surface area contributed by atoms with Gasteiger partial charge in [-0.25, -0.2) is 4.79 Å². The van der Waals surface area contributed by atoms with E-state index in [0.717, 1.165) is 40.9 Å². The molecule has 1 atom stereocenters. The number of methoxy groups -OCH3 is 1. The van der Waals surface area contributed by atoms with Gasteiger partial charge < -0.3 is 14.6 Å². The number of rotatable bonds is 2. The van der Waals surface area contributed by atoms with Gasteiger partial charge in [-0.2, -0.15) is 0 Å². The number of aromatic nitrogens is 1. The lowest BCUT2D eigenvalue weighted by Gasteiger charge is -2.31. The van der Waals surface area contributed by atoms with Crippen LogP contribution in [0.15, 0.2) is 40.1 Å². The van der Waals surface area contributed by atoms with Crippen molar-refractivity contribution < 1.29 is 18.8 Å². The lowest BCUT2D eigenvalue weighted by atomic mass is 9.76. The molecule has 1 aromatic carbocycles. The van der Waals surface area contributed by atoms with Crippen LogP contribution in [-0.2, 0) is 9.53 Å². The molecule has 6 nitrogen and oxygen atoms in total. The number of ether oxygens (including phenoxy) is 1. The summed E-state index contributed by atoms with van der Waals surface area (Å²) in [5, 5.41) is 7.31. The van der Waals surface area contributed by atoms with Crippen LogP contribution in [0.2, 0.25) is 0 Å². The maximum absolute atomic E-state index is 12.7. The van der Waals surface area contributed by atoms with Crippen molar-refractivity contribution in [3.8, 4) is 0 Å². The monoisotopic (exact) mass is 338 g/mol. The molecule has 1 aliphatic carbocycles. The number of esters is 1. The second-order valence-electron chi connectivity index (χ2n) is 6.35. The summed E-state index contributed by atoms with van der Waals surface area (Å²) in [5.74, 6) is 0.152. The number of carbonyl (C=O) groups excluding carboxylic acids is 2. The zero-order chi connectivity index (χ0) is 17.6. The van der Waals surface area contributed by atoms with E-state index in [0.29, 0.717) is 17.9 Å². The molecule has 25 heavy (non-hydrogen) atoms. The van der Waals surface area contributed by atoms with Gasteiger partial charge in [0.25, 0.3) is 0 Å². The van der Waals surface area contributed by atoms with E-state index in [1.807, 2.05) is 19.1 Å². The van der Waals surface area contributed by atoms with Gasteiger partial charge in [-0.1, -0.05) is 17.3 Å². The zero-order valence-corrected chi connectivity index (χ0v) is 14.1. The predicted molar refractivity (Wildman–Crippen MR) is 90.4 cm³/mol. The first-order valence-electron chi connectivity index (χ1n) is 8.28. The van der Waals surface area contributed by atoms with Gasteiger partial charge in [0.2, 0.25) is 5.88 Å². The van der Waals surface area contributed by atoms with E-state index < -0.39 is 0 Å². The zero-order valence-electron chi connectivity index (χ0n) is 14.1. The molecule has 2 heterocycles. The molecule has 128 valence electrons. The van der Waals surface area contributed by atoms with Crippen molar-refractivity contribution in [1.82, 2.24) is 5.16 Å². The highest BCUT2D eigenvalue weighted by Gasteiger charge is 2.38. The van der Waals surface area contributed by atoms with Crippen LogP contribution in [0.5, 0.6) is 0 Å². The first kappa shape index (κ1) is 15.6. The molecule has 2 aromatic rings. The SMILES string of the molecule is COC(=O)c1ccc(C2C3=C(CCCC3=O)Nc3onc(C)c32)cc1. The van der Waals surface area contributed by atoms with E-state index in [4.69, 9.17) is 9.26 Å². The number of Topliss-reactive ketones (excluding diaryl/α,β-unsaturated/α-hetero) is 1. The third kappa shape index (κ3) is 2.45. The van der Waals surface area contributed by atoms with E-state index in [1.165, 1.54) is 7.11 Å². The van der Waals surface area contributed by atoms with Crippen LogP contribution >= 0.6 is 0 Å². The van der Waals surface area contributed by atoms with Gasteiger partial charge in [-0.3, -0.25) is 4.79 Å². The average Bonchev–Trinajstić information content (AvgIpc) is 3.00. The summed E-state index contributed by atoms with van der Waals surface area (Å²) in [6.45, 7) is 1.87. The van der Waals surface area contributed by atoms with Crippen molar-refractivity contribution in [3.63, 3.8) is 0 Å². The van der Waals surface area contributed by atoms with Gasteiger partial charge >= 0.3 is 5.97 Å². The number of anilines is 1. The third-order valence-electron chi connectivity index (χ3n) is 4.87. The Hall–Kier alpha value is -2.89. The van der Waals surface area contributed by atoms with Crippen molar-refractivity contribution in [2.24, 2.45) is 0 Å². The molecular weight excluding hydrogens is 320 g/mol. The molecule has 2 aliphatic rings. The predicted octanol–water partition coefficient (Wildman–Crippen LogP) is 3.33. The van der Waals surface area contributed by atoms with Crippen molar-refractivity contribution in [3.05, 3.63) is 57.9 Å². The Morgan fingerprint density at radius 1 is 1.28 bits per heavy atom. The summed E-state index contributed by atoms with van der Waals surface area (Å²) in [7, 11) is 1.35. The van der Waals surface area contributed by atoms with Crippen LogP contribution in [0.4, 0.5) is 5.88 Å². The molecule has 1 aliphatic heterocycles. The first-order valence-corrected chi connectivity index (χ1v) is 8.28. The molecule has 4 rings (SSSR count). The van der Waals surface area contributed by atoms with Crippen LogP contribution in [-0.4, -0.2) is 24.0 Å². The fourth-order valence-electron chi connectivity index (χ4n) is 3.68. The van der Waals surface area contributed by atoms with Crippen molar-refractivity contribution in [2.75, 3.05) is 12.4 Å². The van der Waals surface area contributed by atoms with E-state index in [1.54, 1.807) is 12.1 Å². The van der Waals surface area contributed by atoms with Crippen molar-refractivity contribution in [1.29, 1.82) is 0 Å². The number of nitrogens with zero attached hydrogens (tertiary/aromatic N) is 1. The molecule has 1 unspecified atom stereocenters. The highest BCUT2D eigenvalue weighted by atomic mass is 16.5. The fourth-order valence-corrected chi connectivity index (χ4v) is 3.68. The first-order chi connectivity index (χ1) is 12.1. The molecule has 0 fully saturated rings. The molecule has 1 N–H and O–H groups in total. The minimum atomic E-state index is -0.382. The number of allylic oxidation sites excluding steroid dienone is 2. The molecule has 0 radical (unpaired) electrons. The van der Waals surface area contributed by atoms with Crippen molar-refractivity contribution in [2.45, 2.75) is 32.1 Å². The Bertz CT molecular complexity index is 893. The highest BCUT2D eigenvalue weighted by Crippen LogP contribution is 2.46. The number of hydrogen-bond acceptors (Lipinski definition) is 6. The van der Waals surface area contributed by atoms with Crippen molar-refractivity contribution >= 4 is 17.6 Å². The summed E-state index contributed by atoms with van der Waals surface area (Å²) in [4.78, 5) is 24.3. The highest BCUT2D eigenvalue weighted by molar-refractivity contribution is 6.01. The van der Waals surface area contributed by atoms with Gasteiger partial charge in [-0.05, 0) is 37.5 Å². The quantitative estimate of drug-likeness (QED) is 0.846. The summed E-state index contributed by atoms with van der Waals surface area (Å²) in [6, 6.07) is 7.18. The Balaban J connectivity index is 1.85. The minimum absolute atomic E-state index is 0.155. The Labute approximate surface area is 144 Å². The molecule has 0 amide bonds. The van der Waals surface area contributed by atoms with Gasteiger partial charge in [0, 0.05) is 23.6 Å². The summed E-state index contributed by atoms with van der Waals surface area (Å²) < 4.78 is 10.2.